The summed E-state index contributed by atoms with van der Waals surface area (Å²) in [6.07, 6.45) is 2.76. The van der Waals surface area contributed by atoms with Crippen LogP contribution in [0.3, 0.4) is 0 Å². The molecule has 0 saturated carbocycles. The highest BCUT2D eigenvalue weighted by molar-refractivity contribution is 5.15. The van der Waals surface area contributed by atoms with Crippen LogP contribution in [0.25, 0.3) is 0 Å². The molecule has 0 amide bonds. The lowest BCUT2D eigenvalue weighted by atomic mass is 10.00. The minimum atomic E-state index is 0.0574. The van der Waals surface area contributed by atoms with Crippen molar-refractivity contribution in [3.05, 3.63) is 40.8 Å². The Hall–Kier alpha value is -1.42. The molecule has 0 heterocycles. The Balaban J connectivity index is 2.47. The molecule has 1 rings (SSSR count). The predicted molar refractivity (Wildman–Crippen MR) is 73.0 cm³/mol. The second kappa shape index (κ2) is 8.64. The molecule has 18 heavy (non-hydrogen) atoms. The van der Waals surface area contributed by atoms with E-state index in [0.29, 0.717) is 13.1 Å². The van der Waals surface area contributed by atoms with Crippen molar-refractivity contribution in [3.63, 3.8) is 0 Å². The highest BCUT2D eigenvalue weighted by atomic mass is 16.3. The lowest BCUT2D eigenvalue weighted by Gasteiger charge is -2.21. The number of unbranched alkanes of at least 4 members (excludes halogenated alkanes) is 1. The molecular formula is C14H22N2O2. The third-order valence-electron chi connectivity index (χ3n) is 2.98. The summed E-state index contributed by atoms with van der Waals surface area (Å²) < 4.78 is 0. The smallest absolute Gasteiger partial charge is 0.0524 e. The number of hydrogen-bond acceptors (Lipinski definition) is 3. The van der Waals surface area contributed by atoms with E-state index >= 15 is 0 Å². The van der Waals surface area contributed by atoms with Gasteiger partial charge >= 0.3 is 0 Å². The monoisotopic (exact) mass is 250 g/mol. The Morgan fingerprint density at radius 3 is 2.61 bits per heavy atom. The van der Waals surface area contributed by atoms with Gasteiger partial charge in [0.2, 0.25) is 0 Å². The fraction of sp³-hybridized carbons (Fsp3) is 0.571. The minimum Gasteiger partial charge on any atom is -0.396 e. The van der Waals surface area contributed by atoms with E-state index in [2.05, 4.69) is 12.2 Å². The fourth-order valence-electron chi connectivity index (χ4n) is 1.94. The van der Waals surface area contributed by atoms with Crippen LogP contribution in [0.1, 0.15) is 25.3 Å². The van der Waals surface area contributed by atoms with E-state index in [9.17, 15) is 10.0 Å². The molecule has 0 saturated heterocycles. The van der Waals surface area contributed by atoms with Crippen LogP contribution < -0.4 is 0 Å². The summed E-state index contributed by atoms with van der Waals surface area (Å²) in [6, 6.07) is 10.0. The molecule has 0 fully saturated rings. The van der Waals surface area contributed by atoms with E-state index in [4.69, 9.17) is 0 Å². The zero-order chi connectivity index (χ0) is 13.2. The summed E-state index contributed by atoms with van der Waals surface area (Å²) in [6.45, 7) is 3.35. The lowest BCUT2D eigenvalue weighted by molar-refractivity contribution is 0.163. The van der Waals surface area contributed by atoms with Gasteiger partial charge in [-0.25, -0.2) is 0 Å². The molecule has 0 aliphatic rings. The van der Waals surface area contributed by atoms with Crippen LogP contribution in [0.5, 0.6) is 0 Å². The van der Waals surface area contributed by atoms with Crippen LogP contribution >= 0.6 is 0 Å². The van der Waals surface area contributed by atoms with Gasteiger partial charge in [0, 0.05) is 25.6 Å². The van der Waals surface area contributed by atoms with Gasteiger partial charge in [0.1, 0.15) is 0 Å². The van der Waals surface area contributed by atoms with Crippen molar-refractivity contribution in [3.8, 4) is 0 Å². The van der Waals surface area contributed by atoms with Crippen molar-refractivity contribution in [2.45, 2.75) is 26.2 Å². The number of hydrogen-bond donors (Lipinski definition) is 1. The van der Waals surface area contributed by atoms with E-state index in [1.165, 1.54) is 10.6 Å². The molecule has 1 N–H and O–H groups in total. The van der Waals surface area contributed by atoms with Crippen molar-refractivity contribution in [1.29, 1.82) is 0 Å². The van der Waals surface area contributed by atoms with E-state index < -0.39 is 0 Å². The summed E-state index contributed by atoms with van der Waals surface area (Å²) >= 11 is 0. The van der Waals surface area contributed by atoms with E-state index in [1.54, 1.807) is 0 Å². The van der Waals surface area contributed by atoms with Gasteiger partial charge in [0.05, 0.1) is 5.29 Å². The van der Waals surface area contributed by atoms with Gasteiger partial charge in [0.25, 0.3) is 0 Å². The normalized spacial score (nSPS) is 12.1. The molecular weight excluding hydrogens is 228 g/mol. The molecule has 1 atom stereocenters. The highest BCUT2D eigenvalue weighted by Crippen LogP contribution is 2.11. The van der Waals surface area contributed by atoms with Crippen LogP contribution in [-0.4, -0.2) is 29.8 Å². The first-order valence-electron chi connectivity index (χ1n) is 6.53. The average molecular weight is 250 g/mol. The molecule has 0 spiro atoms. The first-order valence-corrected chi connectivity index (χ1v) is 6.53. The maximum atomic E-state index is 10.7. The third kappa shape index (κ3) is 5.27. The standard InChI is InChI=1S/C14H22N2O2/c1-2-3-9-16(15-18)11-14(12-17)10-13-7-5-4-6-8-13/h4-8,14,17H,2-3,9-12H2,1H3/t14-/m1/s1. The predicted octanol–water partition coefficient (Wildman–Crippen LogP) is 2.62. The number of aliphatic hydroxyl groups is 1. The van der Waals surface area contributed by atoms with Crippen molar-refractivity contribution >= 4 is 0 Å². The topological polar surface area (TPSA) is 52.9 Å². The van der Waals surface area contributed by atoms with Gasteiger partial charge in [-0.1, -0.05) is 43.7 Å². The summed E-state index contributed by atoms with van der Waals surface area (Å²) in [5.41, 5.74) is 1.18. The first-order chi connectivity index (χ1) is 8.80. The van der Waals surface area contributed by atoms with E-state index in [1.807, 2.05) is 30.3 Å². The van der Waals surface area contributed by atoms with E-state index in [0.717, 1.165) is 19.3 Å². The van der Waals surface area contributed by atoms with Crippen molar-refractivity contribution < 1.29 is 5.11 Å². The molecule has 0 radical (unpaired) electrons. The number of rotatable bonds is 9. The van der Waals surface area contributed by atoms with Crippen LogP contribution in [0, 0.1) is 10.8 Å². The van der Waals surface area contributed by atoms with Gasteiger partial charge < -0.3 is 5.11 Å². The molecule has 1 aromatic rings. The summed E-state index contributed by atoms with van der Waals surface area (Å²) in [5.74, 6) is 0.0574. The minimum absolute atomic E-state index is 0.0574. The Kier molecular flexibility index (Phi) is 7.03. The highest BCUT2D eigenvalue weighted by Gasteiger charge is 2.13. The Labute approximate surface area is 109 Å². The number of nitrogens with zero attached hydrogens (tertiary/aromatic N) is 2. The summed E-state index contributed by atoms with van der Waals surface area (Å²) in [5, 5.41) is 13.9. The van der Waals surface area contributed by atoms with Crippen LogP contribution in [0.15, 0.2) is 35.6 Å². The summed E-state index contributed by atoms with van der Waals surface area (Å²) in [7, 11) is 0. The van der Waals surface area contributed by atoms with Crippen molar-refractivity contribution in [2.75, 3.05) is 19.7 Å². The quantitative estimate of drug-likeness (QED) is 0.541. The van der Waals surface area contributed by atoms with Gasteiger partial charge in [-0.3, -0.25) is 5.01 Å². The molecule has 0 bridgehead atoms. The molecule has 100 valence electrons. The number of aliphatic hydroxyl groups excluding tert-OH is 1. The van der Waals surface area contributed by atoms with Crippen LogP contribution in [0.4, 0.5) is 0 Å². The molecule has 1 aromatic carbocycles. The lowest BCUT2D eigenvalue weighted by Crippen LogP contribution is -2.28. The number of benzene rings is 1. The SMILES string of the molecule is CCCCN(C[C@H](CO)Cc1ccccc1)N=O. The molecule has 4 heteroatoms. The maximum absolute atomic E-state index is 10.7. The van der Waals surface area contributed by atoms with Crippen LogP contribution in [0.2, 0.25) is 0 Å². The second-order valence-electron chi connectivity index (χ2n) is 4.59. The van der Waals surface area contributed by atoms with Gasteiger partial charge in [-0.15, -0.1) is 4.91 Å². The second-order valence-corrected chi connectivity index (χ2v) is 4.59. The van der Waals surface area contributed by atoms with E-state index in [-0.39, 0.29) is 12.5 Å². The van der Waals surface area contributed by atoms with Crippen molar-refractivity contribution in [1.82, 2.24) is 5.01 Å². The zero-order valence-corrected chi connectivity index (χ0v) is 11.0. The van der Waals surface area contributed by atoms with Gasteiger partial charge in [-0.05, 0) is 18.4 Å². The molecule has 0 aliphatic carbocycles. The molecule has 4 nitrogen and oxygen atoms in total. The molecule has 0 unspecified atom stereocenters. The van der Waals surface area contributed by atoms with Crippen molar-refractivity contribution in [2.24, 2.45) is 11.2 Å². The zero-order valence-electron chi connectivity index (χ0n) is 11.0. The maximum Gasteiger partial charge on any atom is 0.0524 e. The first kappa shape index (κ1) is 14.6. The largest absolute Gasteiger partial charge is 0.396 e. The van der Waals surface area contributed by atoms with Gasteiger partial charge in [0.15, 0.2) is 0 Å². The molecule has 0 aliphatic heterocycles. The molecule has 0 aromatic heterocycles. The Morgan fingerprint density at radius 2 is 2.06 bits per heavy atom. The van der Waals surface area contributed by atoms with Crippen LogP contribution in [-0.2, 0) is 6.42 Å². The third-order valence-corrected chi connectivity index (χ3v) is 2.98. The average Bonchev–Trinajstić information content (AvgIpc) is 2.43. The Morgan fingerprint density at radius 1 is 1.33 bits per heavy atom. The Bertz CT molecular complexity index is 330. The number of nitroso groups, excluding NO2 is 1. The summed E-state index contributed by atoms with van der Waals surface area (Å²) in [4.78, 5) is 10.7. The fourth-order valence-corrected chi connectivity index (χ4v) is 1.94. The van der Waals surface area contributed by atoms with Gasteiger partial charge in [-0.2, -0.15) is 0 Å².